The first-order valence-electron chi connectivity index (χ1n) is 5.52. The van der Waals surface area contributed by atoms with Gasteiger partial charge in [0.25, 0.3) is 0 Å². The molecule has 0 aliphatic heterocycles. The van der Waals surface area contributed by atoms with Crippen LogP contribution in [0.2, 0.25) is 10.0 Å². The van der Waals surface area contributed by atoms with Crippen LogP contribution < -0.4 is 4.74 Å². The van der Waals surface area contributed by atoms with Gasteiger partial charge in [0.05, 0.1) is 6.10 Å². The van der Waals surface area contributed by atoms with E-state index in [9.17, 15) is 5.11 Å². The molecule has 0 bridgehead atoms. The van der Waals surface area contributed by atoms with Gasteiger partial charge in [-0.05, 0) is 25.1 Å². The third-order valence-electron chi connectivity index (χ3n) is 2.70. The summed E-state index contributed by atoms with van der Waals surface area (Å²) in [5.41, 5.74) is 0. The summed E-state index contributed by atoms with van der Waals surface area (Å²) in [7, 11) is 0. The van der Waals surface area contributed by atoms with Crippen LogP contribution in [0.25, 0.3) is 0 Å². The number of ether oxygens (including phenoxy) is 2. The number of hydrogen-bond donors (Lipinski definition) is 1. The van der Waals surface area contributed by atoms with E-state index >= 15 is 0 Å². The van der Waals surface area contributed by atoms with Crippen molar-refractivity contribution in [2.24, 2.45) is 0 Å². The van der Waals surface area contributed by atoms with Gasteiger partial charge in [-0.1, -0.05) is 23.2 Å². The Kier molecular flexibility index (Phi) is 4.15. The number of benzene rings is 1. The summed E-state index contributed by atoms with van der Waals surface area (Å²) < 4.78 is 11.1. The summed E-state index contributed by atoms with van der Waals surface area (Å²) in [5.74, 6) is 0.601. The van der Waals surface area contributed by atoms with Gasteiger partial charge in [-0.25, -0.2) is 0 Å². The van der Waals surface area contributed by atoms with E-state index in [4.69, 9.17) is 32.7 Å². The second-order valence-electron chi connectivity index (χ2n) is 3.98. The molecule has 0 radical (unpaired) electrons. The van der Waals surface area contributed by atoms with Gasteiger partial charge in [-0.3, -0.25) is 0 Å². The fourth-order valence-corrected chi connectivity index (χ4v) is 2.36. The van der Waals surface area contributed by atoms with Crippen molar-refractivity contribution in [3.05, 3.63) is 28.2 Å². The zero-order valence-electron chi connectivity index (χ0n) is 9.40. The molecule has 5 heteroatoms. The van der Waals surface area contributed by atoms with E-state index in [0.717, 1.165) is 0 Å². The second-order valence-corrected chi connectivity index (χ2v) is 4.86. The van der Waals surface area contributed by atoms with Crippen LogP contribution in [0.5, 0.6) is 5.75 Å². The average molecular weight is 277 g/mol. The molecule has 3 unspecified atom stereocenters. The molecule has 1 N–H and O–H groups in total. The van der Waals surface area contributed by atoms with Crippen molar-refractivity contribution in [3.63, 3.8) is 0 Å². The molecule has 2 rings (SSSR count). The van der Waals surface area contributed by atoms with Crippen LogP contribution in [0.1, 0.15) is 13.3 Å². The van der Waals surface area contributed by atoms with Gasteiger partial charge in [0.2, 0.25) is 0 Å². The van der Waals surface area contributed by atoms with Gasteiger partial charge < -0.3 is 14.6 Å². The van der Waals surface area contributed by atoms with Crippen molar-refractivity contribution in [2.45, 2.75) is 31.7 Å². The van der Waals surface area contributed by atoms with E-state index < -0.39 is 6.10 Å². The predicted molar refractivity (Wildman–Crippen MR) is 66.9 cm³/mol. The first kappa shape index (κ1) is 13.0. The Morgan fingerprint density at radius 1 is 1.29 bits per heavy atom. The third kappa shape index (κ3) is 3.05. The first-order valence-corrected chi connectivity index (χ1v) is 6.28. The molecule has 17 heavy (non-hydrogen) atoms. The highest BCUT2D eigenvalue weighted by Gasteiger charge is 2.42. The lowest BCUT2D eigenvalue weighted by molar-refractivity contribution is -0.160. The molecule has 1 aliphatic rings. The molecule has 1 fully saturated rings. The molecule has 3 atom stereocenters. The predicted octanol–water partition coefficient (Wildman–Crippen LogP) is 2.91. The SMILES string of the molecule is CCOC1C(O)CC1Oc1cc(Cl)cc(Cl)c1. The fourth-order valence-electron chi connectivity index (χ4n) is 1.86. The van der Waals surface area contributed by atoms with Gasteiger partial charge in [0.1, 0.15) is 18.0 Å². The monoisotopic (exact) mass is 276 g/mol. The molecular weight excluding hydrogens is 263 g/mol. The van der Waals surface area contributed by atoms with Crippen molar-refractivity contribution in [2.75, 3.05) is 6.61 Å². The minimum absolute atomic E-state index is 0.139. The third-order valence-corrected chi connectivity index (χ3v) is 3.14. The van der Waals surface area contributed by atoms with Crippen molar-refractivity contribution in [1.82, 2.24) is 0 Å². The minimum Gasteiger partial charge on any atom is -0.487 e. The number of aliphatic hydroxyl groups is 1. The normalized spacial score (nSPS) is 27.6. The zero-order chi connectivity index (χ0) is 12.4. The Hall–Kier alpha value is -0.480. The maximum atomic E-state index is 9.54. The zero-order valence-corrected chi connectivity index (χ0v) is 10.9. The van der Waals surface area contributed by atoms with Crippen molar-refractivity contribution in [3.8, 4) is 5.75 Å². The molecule has 0 spiro atoms. The molecular formula is C12H14Cl2O3. The van der Waals surface area contributed by atoms with Gasteiger partial charge in [-0.15, -0.1) is 0 Å². The molecule has 1 saturated carbocycles. The lowest BCUT2D eigenvalue weighted by Gasteiger charge is -2.40. The Balaban J connectivity index is 2.01. The van der Waals surface area contributed by atoms with Crippen molar-refractivity contribution in [1.29, 1.82) is 0 Å². The van der Waals surface area contributed by atoms with Crippen LogP contribution in [-0.4, -0.2) is 30.0 Å². The molecule has 0 amide bonds. The van der Waals surface area contributed by atoms with Crippen LogP contribution in [0.3, 0.4) is 0 Å². The quantitative estimate of drug-likeness (QED) is 0.919. The summed E-state index contributed by atoms with van der Waals surface area (Å²) in [6.45, 7) is 2.44. The van der Waals surface area contributed by atoms with Gasteiger partial charge in [0.15, 0.2) is 0 Å². The highest BCUT2D eigenvalue weighted by Crippen LogP contribution is 2.31. The molecule has 3 nitrogen and oxygen atoms in total. The summed E-state index contributed by atoms with van der Waals surface area (Å²) in [6, 6.07) is 5.04. The molecule has 0 heterocycles. The minimum atomic E-state index is -0.449. The van der Waals surface area contributed by atoms with Crippen LogP contribution in [-0.2, 0) is 4.74 Å². The van der Waals surface area contributed by atoms with Crippen LogP contribution in [0, 0.1) is 0 Å². The van der Waals surface area contributed by atoms with E-state index in [1.165, 1.54) is 0 Å². The topological polar surface area (TPSA) is 38.7 Å². The fraction of sp³-hybridized carbons (Fsp3) is 0.500. The van der Waals surface area contributed by atoms with E-state index in [1.54, 1.807) is 18.2 Å². The first-order chi connectivity index (χ1) is 8.10. The molecule has 94 valence electrons. The average Bonchev–Trinajstić information content (AvgIpc) is 2.24. The van der Waals surface area contributed by atoms with E-state index in [0.29, 0.717) is 28.8 Å². The molecule has 1 aliphatic carbocycles. The number of rotatable bonds is 4. The lowest BCUT2D eigenvalue weighted by Crippen LogP contribution is -2.55. The van der Waals surface area contributed by atoms with Gasteiger partial charge in [0, 0.05) is 23.1 Å². The molecule has 0 aromatic heterocycles. The standard InChI is InChI=1S/C12H14Cl2O3/c1-2-16-12-10(15)6-11(12)17-9-4-7(13)3-8(14)5-9/h3-5,10-12,15H,2,6H2,1H3. The van der Waals surface area contributed by atoms with E-state index in [-0.39, 0.29) is 12.2 Å². The Labute approximate surface area is 110 Å². The second kappa shape index (κ2) is 5.44. The summed E-state index contributed by atoms with van der Waals surface area (Å²) in [4.78, 5) is 0. The largest absolute Gasteiger partial charge is 0.487 e. The summed E-state index contributed by atoms with van der Waals surface area (Å²) in [6.07, 6.45) is -0.290. The highest BCUT2D eigenvalue weighted by atomic mass is 35.5. The van der Waals surface area contributed by atoms with Crippen molar-refractivity contribution >= 4 is 23.2 Å². The van der Waals surface area contributed by atoms with E-state index in [1.807, 2.05) is 6.92 Å². The summed E-state index contributed by atoms with van der Waals surface area (Å²) in [5, 5.41) is 10.6. The lowest BCUT2D eigenvalue weighted by atomic mass is 9.88. The highest BCUT2D eigenvalue weighted by molar-refractivity contribution is 6.34. The number of aliphatic hydroxyl groups excluding tert-OH is 1. The van der Waals surface area contributed by atoms with Crippen LogP contribution >= 0.6 is 23.2 Å². The summed E-state index contributed by atoms with van der Waals surface area (Å²) >= 11 is 11.8. The molecule has 1 aromatic carbocycles. The van der Waals surface area contributed by atoms with Gasteiger partial charge in [-0.2, -0.15) is 0 Å². The number of hydrogen-bond acceptors (Lipinski definition) is 3. The maximum absolute atomic E-state index is 9.54. The van der Waals surface area contributed by atoms with Gasteiger partial charge >= 0.3 is 0 Å². The number of halogens is 2. The Morgan fingerprint density at radius 3 is 2.47 bits per heavy atom. The van der Waals surface area contributed by atoms with Crippen LogP contribution in [0.4, 0.5) is 0 Å². The van der Waals surface area contributed by atoms with Crippen LogP contribution in [0.15, 0.2) is 18.2 Å². The maximum Gasteiger partial charge on any atom is 0.130 e. The molecule has 1 aromatic rings. The smallest absolute Gasteiger partial charge is 0.130 e. The Morgan fingerprint density at radius 2 is 1.94 bits per heavy atom. The van der Waals surface area contributed by atoms with E-state index in [2.05, 4.69) is 0 Å². The molecule has 0 saturated heterocycles. The Bertz CT molecular complexity index is 377. The van der Waals surface area contributed by atoms with Crippen molar-refractivity contribution < 1.29 is 14.6 Å².